The van der Waals surface area contributed by atoms with Crippen LogP contribution in [0.15, 0.2) is 22.7 Å². The Bertz CT molecular complexity index is 419. The van der Waals surface area contributed by atoms with E-state index in [2.05, 4.69) is 58.2 Å². The number of benzene rings is 1. The number of hydrogen-bond donors (Lipinski definition) is 1. The molecule has 0 amide bonds. The van der Waals surface area contributed by atoms with Crippen molar-refractivity contribution in [3.05, 3.63) is 33.8 Å². The van der Waals surface area contributed by atoms with Gasteiger partial charge in [-0.05, 0) is 50.0 Å². The van der Waals surface area contributed by atoms with Crippen molar-refractivity contribution in [3.8, 4) is 0 Å². The van der Waals surface area contributed by atoms with Gasteiger partial charge in [-0.15, -0.1) is 0 Å². The average molecular weight is 339 g/mol. The molecule has 112 valence electrons. The van der Waals surface area contributed by atoms with Gasteiger partial charge in [-0.2, -0.15) is 0 Å². The zero-order chi connectivity index (χ0) is 14.4. The highest BCUT2D eigenvalue weighted by Crippen LogP contribution is 2.24. The lowest BCUT2D eigenvalue weighted by atomic mass is 10.1. The van der Waals surface area contributed by atoms with Crippen LogP contribution >= 0.6 is 15.9 Å². The molecule has 0 aromatic heterocycles. The van der Waals surface area contributed by atoms with Gasteiger partial charge in [0.25, 0.3) is 0 Å². The second kappa shape index (κ2) is 8.16. The minimum atomic E-state index is 0.714. The fraction of sp³-hybridized carbons (Fsp3) is 0.647. The summed E-state index contributed by atoms with van der Waals surface area (Å²) in [5.41, 5.74) is 2.77. The third kappa shape index (κ3) is 4.57. The van der Waals surface area contributed by atoms with Crippen LogP contribution in [0.3, 0.4) is 0 Å². The minimum Gasteiger partial charge on any atom is -0.313 e. The van der Waals surface area contributed by atoms with Gasteiger partial charge in [0.2, 0.25) is 0 Å². The molecule has 0 radical (unpaired) electrons. The Balaban J connectivity index is 2.01. The Hall–Kier alpha value is -0.380. The number of hydrogen-bond acceptors (Lipinski definition) is 2. The highest BCUT2D eigenvalue weighted by atomic mass is 79.9. The van der Waals surface area contributed by atoms with Crippen molar-refractivity contribution in [1.29, 1.82) is 0 Å². The van der Waals surface area contributed by atoms with Crippen molar-refractivity contribution in [1.82, 2.24) is 10.2 Å². The van der Waals surface area contributed by atoms with Crippen molar-refractivity contribution in [3.63, 3.8) is 0 Å². The highest BCUT2D eigenvalue weighted by molar-refractivity contribution is 9.10. The van der Waals surface area contributed by atoms with Crippen molar-refractivity contribution in [2.24, 2.45) is 0 Å². The van der Waals surface area contributed by atoms with Crippen LogP contribution in [0, 0.1) is 0 Å². The Morgan fingerprint density at radius 2 is 2.15 bits per heavy atom. The van der Waals surface area contributed by atoms with Gasteiger partial charge in [0, 0.05) is 23.6 Å². The monoisotopic (exact) mass is 338 g/mol. The van der Waals surface area contributed by atoms with Gasteiger partial charge in [-0.25, -0.2) is 0 Å². The van der Waals surface area contributed by atoms with Crippen LogP contribution in [0.25, 0.3) is 0 Å². The lowest BCUT2D eigenvalue weighted by Crippen LogP contribution is -2.32. The van der Waals surface area contributed by atoms with E-state index < -0.39 is 0 Å². The molecule has 1 aromatic rings. The molecule has 0 saturated carbocycles. The fourth-order valence-electron chi connectivity index (χ4n) is 2.89. The van der Waals surface area contributed by atoms with Crippen molar-refractivity contribution >= 4 is 15.9 Å². The molecule has 3 heteroatoms. The van der Waals surface area contributed by atoms with E-state index in [9.17, 15) is 0 Å². The van der Waals surface area contributed by atoms with Gasteiger partial charge >= 0.3 is 0 Å². The van der Waals surface area contributed by atoms with Gasteiger partial charge in [0.05, 0.1) is 0 Å². The third-order valence-corrected chi connectivity index (χ3v) is 5.00. The first-order chi connectivity index (χ1) is 9.70. The number of rotatable bonds is 5. The first kappa shape index (κ1) is 16.0. The van der Waals surface area contributed by atoms with Crippen LogP contribution < -0.4 is 5.32 Å². The van der Waals surface area contributed by atoms with Gasteiger partial charge in [-0.1, -0.05) is 47.8 Å². The standard InChI is InChI=1S/C17H27BrN2/c1-3-19-12-15-8-9-16(17(18)11-15)13-20-10-6-4-5-7-14(20)2/h8-9,11,14,19H,3-7,10,12-13H2,1-2H3. The maximum absolute atomic E-state index is 3.75. The molecule has 1 aromatic carbocycles. The number of likely N-dealkylation sites (tertiary alicyclic amines) is 1. The third-order valence-electron chi connectivity index (χ3n) is 4.26. The number of halogens is 1. The summed E-state index contributed by atoms with van der Waals surface area (Å²) in [4.78, 5) is 2.64. The number of nitrogens with one attached hydrogen (secondary N) is 1. The van der Waals surface area contributed by atoms with Crippen LogP contribution in [0.2, 0.25) is 0 Å². The van der Waals surface area contributed by atoms with E-state index in [1.807, 2.05) is 0 Å². The average Bonchev–Trinajstić information content (AvgIpc) is 2.64. The van der Waals surface area contributed by atoms with E-state index in [1.165, 1.54) is 47.8 Å². The lowest BCUT2D eigenvalue weighted by molar-refractivity contribution is 0.204. The van der Waals surface area contributed by atoms with Crippen molar-refractivity contribution < 1.29 is 0 Å². The van der Waals surface area contributed by atoms with Gasteiger partial charge in [0.1, 0.15) is 0 Å². The molecule has 1 unspecified atom stereocenters. The summed E-state index contributed by atoms with van der Waals surface area (Å²) in [6.45, 7) is 8.80. The molecular weight excluding hydrogens is 312 g/mol. The van der Waals surface area contributed by atoms with E-state index in [4.69, 9.17) is 0 Å². The molecule has 2 rings (SSSR count). The predicted molar refractivity (Wildman–Crippen MR) is 89.9 cm³/mol. The minimum absolute atomic E-state index is 0.714. The summed E-state index contributed by atoms with van der Waals surface area (Å²) in [5.74, 6) is 0. The predicted octanol–water partition coefficient (Wildman–Crippen LogP) is 4.32. The molecule has 1 aliphatic rings. The Morgan fingerprint density at radius 3 is 2.90 bits per heavy atom. The Labute approximate surface area is 132 Å². The van der Waals surface area contributed by atoms with Crippen LogP contribution in [0.1, 0.15) is 50.7 Å². The maximum atomic E-state index is 3.75. The molecule has 1 atom stereocenters. The normalized spacial score (nSPS) is 20.9. The zero-order valence-electron chi connectivity index (χ0n) is 12.8. The first-order valence-corrected chi connectivity index (χ1v) is 8.72. The quantitative estimate of drug-likeness (QED) is 0.859. The second-order valence-electron chi connectivity index (χ2n) is 5.87. The molecule has 0 spiro atoms. The lowest BCUT2D eigenvalue weighted by Gasteiger charge is -2.27. The molecule has 20 heavy (non-hydrogen) atoms. The largest absolute Gasteiger partial charge is 0.313 e. The molecule has 1 fully saturated rings. The van der Waals surface area contributed by atoms with Crippen molar-refractivity contribution in [2.75, 3.05) is 13.1 Å². The molecule has 1 N–H and O–H groups in total. The SMILES string of the molecule is CCNCc1ccc(CN2CCCCCC2C)c(Br)c1. The van der Waals surface area contributed by atoms with E-state index in [0.29, 0.717) is 6.04 Å². The van der Waals surface area contributed by atoms with Crippen LogP contribution in [-0.2, 0) is 13.1 Å². The first-order valence-electron chi connectivity index (χ1n) is 7.92. The molecule has 1 saturated heterocycles. The summed E-state index contributed by atoms with van der Waals surface area (Å²) < 4.78 is 1.25. The molecular formula is C17H27BrN2. The van der Waals surface area contributed by atoms with Crippen molar-refractivity contribution in [2.45, 2.75) is 58.7 Å². The maximum Gasteiger partial charge on any atom is 0.0247 e. The van der Waals surface area contributed by atoms with Crippen LogP contribution in [0.4, 0.5) is 0 Å². The van der Waals surface area contributed by atoms with Gasteiger partial charge in [0.15, 0.2) is 0 Å². The topological polar surface area (TPSA) is 15.3 Å². The molecule has 1 aliphatic heterocycles. The summed E-state index contributed by atoms with van der Waals surface area (Å²) in [7, 11) is 0. The van der Waals surface area contributed by atoms with E-state index >= 15 is 0 Å². The van der Waals surface area contributed by atoms with E-state index in [-0.39, 0.29) is 0 Å². The van der Waals surface area contributed by atoms with Gasteiger partial charge in [-0.3, -0.25) is 4.90 Å². The number of nitrogens with zero attached hydrogens (tertiary/aromatic N) is 1. The summed E-state index contributed by atoms with van der Waals surface area (Å²) in [6, 6.07) is 7.52. The van der Waals surface area contributed by atoms with E-state index in [0.717, 1.165) is 19.6 Å². The molecule has 2 nitrogen and oxygen atoms in total. The molecule has 0 bridgehead atoms. The van der Waals surface area contributed by atoms with Crippen LogP contribution in [-0.4, -0.2) is 24.0 Å². The zero-order valence-corrected chi connectivity index (χ0v) is 14.4. The van der Waals surface area contributed by atoms with E-state index in [1.54, 1.807) is 0 Å². The van der Waals surface area contributed by atoms with Gasteiger partial charge < -0.3 is 5.32 Å². The Morgan fingerprint density at radius 1 is 1.30 bits per heavy atom. The molecule has 0 aliphatic carbocycles. The summed E-state index contributed by atoms with van der Waals surface area (Å²) in [6.07, 6.45) is 5.47. The fourth-order valence-corrected chi connectivity index (χ4v) is 3.44. The van der Waals surface area contributed by atoms with Crippen LogP contribution in [0.5, 0.6) is 0 Å². The highest BCUT2D eigenvalue weighted by Gasteiger charge is 2.17. The smallest absolute Gasteiger partial charge is 0.0247 e. The second-order valence-corrected chi connectivity index (χ2v) is 6.73. The Kier molecular flexibility index (Phi) is 6.53. The molecule has 1 heterocycles. The summed E-state index contributed by atoms with van der Waals surface area (Å²) >= 11 is 3.75. The summed E-state index contributed by atoms with van der Waals surface area (Å²) in [5, 5.41) is 3.38.